The molecule has 0 bridgehead atoms. The minimum atomic E-state index is -0.615. The van der Waals surface area contributed by atoms with Crippen LogP contribution in [0.25, 0.3) is 0 Å². The Morgan fingerprint density at radius 2 is 2.09 bits per heavy atom. The molecule has 0 radical (unpaired) electrons. The maximum atomic E-state index is 13.0. The number of anilines is 1. The minimum Gasteiger partial charge on any atom is -0.486 e. The van der Waals surface area contributed by atoms with E-state index >= 15 is 0 Å². The number of nitrogens with zero attached hydrogens (tertiary/aromatic N) is 4. The molecule has 11 nitrogen and oxygen atoms in total. The standard InChI is InChI=1S/C21H29N5O6/c1-6-30-16-15(18(27)23-14-10-22-31-12-14)24-17(25(5)19(16)28)13-8-7-9-26(11-13)20(29)32-21(2,3)4/h10,12-13H,6-9,11H2,1-5H3,(H,23,27)/t13-/m0/s1. The molecule has 0 aromatic carbocycles. The predicted molar refractivity (Wildman–Crippen MR) is 115 cm³/mol. The highest BCUT2D eigenvalue weighted by molar-refractivity contribution is 6.04. The normalized spacial score (nSPS) is 16.5. The van der Waals surface area contributed by atoms with Crippen molar-refractivity contribution < 1.29 is 23.6 Å². The Morgan fingerprint density at radius 1 is 1.34 bits per heavy atom. The van der Waals surface area contributed by atoms with Gasteiger partial charge in [0.1, 0.15) is 23.4 Å². The number of likely N-dealkylation sites (tertiary alicyclic amines) is 1. The zero-order valence-electron chi connectivity index (χ0n) is 19.0. The maximum absolute atomic E-state index is 13.0. The third-order valence-corrected chi connectivity index (χ3v) is 4.92. The topological polar surface area (TPSA) is 129 Å². The van der Waals surface area contributed by atoms with E-state index in [1.165, 1.54) is 17.0 Å². The quantitative estimate of drug-likeness (QED) is 0.740. The van der Waals surface area contributed by atoms with Gasteiger partial charge in [-0.3, -0.25) is 14.2 Å². The van der Waals surface area contributed by atoms with Crippen molar-refractivity contribution in [3.05, 3.63) is 34.3 Å². The Bertz CT molecular complexity index is 1020. The number of hydrogen-bond acceptors (Lipinski definition) is 8. The predicted octanol–water partition coefficient (Wildman–Crippen LogP) is 2.53. The molecule has 0 aliphatic carbocycles. The summed E-state index contributed by atoms with van der Waals surface area (Å²) in [6, 6.07) is 0. The van der Waals surface area contributed by atoms with Gasteiger partial charge in [-0.1, -0.05) is 5.16 Å². The van der Waals surface area contributed by atoms with Gasteiger partial charge in [-0.2, -0.15) is 0 Å². The first-order chi connectivity index (χ1) is 15.1. The lowest BCUT2D eigenvalue weighted by atomic mass is 9.97. The van der Waals surface area contributed by atoms with Crippen molar-refractivity contribution in [1.29, 1.82) is 0 Å². The molecule has 1 N–H and O–H groups in total. The number of piperidine rings is 1. The van der Waals surface area contributed by atoms with E-state index in [0.717, 1.165) is 6.42 Å². The van der Waals surface area contributed by atoms with Crippen molar-refractivity contribution in [2.45, 2.75) is 52.1 Å². The molecule has 3 heterocycles. The summed E-state index contributed by atoms with van der Waals surface area (Å²) >= 11 is 0. The third-order valence-electron chi connectivity index (χ3n) is 4.92. The van der Waals surface area contributed by atoms with E-state index in [2.05, 4.69) is 15.5 Å². The van der Waals surface area contributed by atoms with Gasteiger partial charge in [0, 0.05) is 26.1 Å². The minimum absolute atomic E-state index is 0.124. The molecule has 1 aliphatic heterocycles. The van der Waals surface area contributed by atoms with E-state index in [4.69, 9.17) is 14.0 Å². The van der Waals surface area contributed by atoms with Crippen LogP contribution in [0.5, 0.6) is 5.75 Å². The highest BCUT2D eigenvalue weighted by atomic mass is 16.6. The molecule has 0 unspecified atom stereocenters. The Kier molecular flexibility index (Phi) is 6.85. The van der Waals surface area contributed by atoms with Crippen molar-refractivity contribution in [3.63, 3.8) is 0 Å². The van der Waals surface area contributed by atoms with Gasteiger partial charge in [-0.05, 0) is 40.5 Å². The summed E-state index contributed by atoms with van der Waals surface area (Å²) in [5, 5.41) is 6.14. The van der Waals surface area contributed by atoms with Crippen LogP contribution in [0.15, 0.2) is 21.8 Å². The van der Waals surface area contributed by atoms with E-state index in [9.17, 15) is 14.4 Å². The lowest BCUT2D eigenvalue weighted by molar-refractivity contribution is 0.0194. The van der Waals surface area contributed by atoms with Crippen LogP contribution in [0.1, 0.15) is 62.8 Å². The average Bonchev–Trinajstić information content (AvgIpc) is 3.23. The molecule has 2 amide bonds. The van der Waals surface area contributed by atoms with Crippen molar-refractivity contribution in [2.75, 3.05) is 25.0 Å². The first-order valence-electron chi connectivity index (χ1n) is 10.5. The van der Waals surface area contributed by atoms with Crippen LogP contribution in [0, 0.1) is 0 Å². The van der Waals surface area contributed by atoms with E-state index in [-0.39, 0.29) is 24.0 Å². The number of carbonyl (C=O) groups is 2. The SMILES string of the molecule is CCOc1c(C(=O)Nc2cnoc2)nc([C@H]2CCCN(C(=O)OC(C)(C)C)C2)n(C)c1=O. The van der Waals surface area contributed by atoms with E-state index < -0.39 is 23.2 Å². The largest absolute Gasteiger partial charge is 0.486 e. The van der Waals surface area contributed by atoms with Gasteiger partial charge in [0.25, 0.3) is 11.5 Å². The molecule has 0 saturated carbocycles. The lowest BCUT2D eigenvalue weighted by Gasteiger charge is -2.34. The van der Waals surface area contributed by atoms with Crippen LogP contribution in [0.4, 0.5) is 10.5 Å². The molecule has 2 aromatic heterocycles. The van der Waals surface area contributed by atoms with Crippen LogP contribution >= 0.6 is 0 Å². The number of aromatic nitrogens is 3. The van der Waals surface area contributed by atoms with E-state index in [1.54, 1.807) is 18.9 Å². The fraction of sp³-hybridized carbons (Fsp3) is 0.571. The van der Waals surface area contributed by atoms with Gasteiger partial charge < -0.3 is 24.2 Å². The third kappa shape index (κ3) is 5.27. The summed E-state index contributed by atoms with van der Waals surface area (Å²) in [4.78, 5) is 44.6. The summed E-state index contributed by atoms with van der Waals surface area (Å²) in [5.74, 6) is -0.586. The Balaban J connectivity index is 1.93. The molecule has 3 rings (SSSR count). The Morgan fingerprint density at radius 3 is 2.72 bits per heavy atom. The summed E-state index contributed by atoms with van der Waals surface area (Å²) in [5.41, 5.74) is -0.876. The zero-order chi connectivity index (χ0) is 23.5. The lowest BCUT2D eigenvalue weighted by Crippen LogP contribution is -2.43. The molecule has 1 fully saturated rings. The van der Waals surface area contributed by atoms with Gasteiger partial charge in [0.15, 0.2) is 5.69 Å². The monoisotopic (exact) mass is 447 g/mol. The second kappa shape index (κ2) is 9.41. The highest BCUT2D eigenvalue weighted by Gasteiger charge is 2.32. The molecular weight excluding hydrogens is 418 g/mol. The fourth-order valence-corrected chi connectivity index (χ4v) is 3.53. The smallest absolute Gasteiger partial charge is 0.410 e. The second-order valence-corrected chi connectivity index (χ2v) is 8.58. The van der Waals surface area contributed by atoms with E-state index in [1.807, 2.05) is 20.8 Å². The number of ether oxygens (including phenoxy) is 2. The number of amides is 2. The molecule has 11 heteroatoms. The van der Waals surface area contributed by atoms with Crippen LogP contribution in [0.3, 0.4) is 0 Å². The summed E-state index contributed by atoms with van der Waals surface area (Å²) in [6.07, 6.45) is 3.61. The van der Waals surface area contributed by atoms with Crippen LogP contribution in [-0.4, -0.2) is 56.9 Å². The number of rotatable bonds is 5. The first kappa shape index (κ1) is 23.3. The molecule has 32 heavy (non-hydrogen) atoms. The molecule has 2 aromatic rings. The number of nitrogens with one attached hydrogen (secondary N) is 1. The maximum Gasteiger partial charge on any atom is 0.410 e. The fourth-order valence-electron chi connectivity index (χ4n) is 3.53. The molecule has 174 valence electrons. The number of hydrogen-bond donors (Lipinski definition) is 1. The van der Waals surface area contributed by atoms with Crippen molar-refractivity contribution in [1.82, 2.24) is 19.6 Å². The van der Waals surface area contributed by atoms with Crippen molar-refractivity contribution >= 4 is 17.7 Å². The molecule has 1 aliphatic rings. The highest BCUT2D eigenvalue weighted by Crippen LogP contribution is 2.27. The molecule has 0 spiro atoms. The van der Waals surface area contributed by atoms with Gasteiger partial charge in [-0.15, -0.1) is 0 Å². The summed E-state index contributed by atoms with van der Waals surface area (Å²) < 4.78 is 17.1. The summed E-state index contributed by atoms with van der Waals surface area (Å²) in [6.45, 7) is 8.22. The first-order valence-corrected chi connectivity index (χ1v) is 10.5. The van der Waals surface area contributed by atoms with Crippen LogP contribution in [-0.2, 0) is 11.8 Å². The van der Waals surface area contributed by atoms with Crippen molar-refractivity contribution in [3.8, 4) is 5.75 Å². The average molecular weight is 447 g/mol. The van der Waals surface area contributed by atoms with Gasteiger partial charge in [0.2, 0.25) is 5.75 Å². The second-order valence-electron chi connectivity index (χ2n) is 8.58. The van der Waals surface area contributed by atoms with Gasteiger partial charge in [-0.25, -0.2) is 9.78 Å². The van der Waals surface area contributed by atoms with Crippen molar-refractivity contribution in [2.24, 2.45) is 7.05 Å². The Labute approximate surface area is 185 Å². The molecule has 1 atom stereocenters. The van der Waals surface area contributed by atoms with Crippen LogP contribution in [0.2, 0.25) is 0 Å². The molecular formula is C21H29N5O6. The molecule has 1 saturated heterocycles. The van der Waals surface area contributed by atoms with E-state index in [0.29, 0.717) is 31.0 Å². The van der Waals surface area contributed by atoms with Gasteiger partial charge >= 0.3 is 6.09 Å². The van der Waals surface area contributed by atoms with Gasteiger partial charge in [0.05, 0.1) is 12.8 Å². The Hall–Kier alpha value is -3.37. The number of carbonyl (C=O) groups excluding carboxylic acids is 2. The summed E-state index contributed by atoms with van der Waals surface area (Å²) in [7, 11) is 1.58. The zero-order valence-corrected chi connectivity index (χ0v) is 19.0. The van der Waals surface area contributed by atoms with Crippen LogP contribution < -0.4 is 15.6 Å².